The van der Waals surface area contributed by atoms with Crippen molar-refractivity contribution in [2.24, 2.45) is 18.9 Å². The number of carbonyl (C=O) groups excluding carboxylic acids is 1. The van der Waals surface area contributed by atoms with Gasteiger partial charge in [-0.25, -0.2) is 4.79 Å². The molecule has 30 heavy (non-hydrogen) atoms. The molecule has 2 aromatic rings. The number of aryl methyl sites for hydroxylation is 1. The van der Waals surface area contributed by atoms with Crippen molar-refractivity contribution in [3.8, 4) is 0 Å². The quantitative estimate of drug-likeness (QED) is 0.760. The summed E-state index contributed by atoms with van der Waals surface area (Å²) in [5, 5.41) is 0. The maximum atomic E-state index is 13.1. The summed E-state index contributed by atoms with van der Waals surface area (Å²) in [5.41, 5.74) is -0.266. The van der Waals surface area contributed by atoms with Crippen molar-refractivity contribution in [3.05, 3.63) is 34.2 Å². The lowest BCUT2D eigenvalue weighted by Gasteiger charge is -2.34. The van der Waals surface area contributed by atoms with E-state index in [1.165, 1.54) is 15.2 Å². The molecule has 1 aliphatic carbocycles. The summed E-state index contributed by atoms with van der Waals surface area (Å²) in [6.07, 6.45) is -1.41. The lowest BCUT2D eigenvalue weighted by atomic mass is 9.81. The first-order valence-corrected chi connectivity index (χ1v) is 10.4. The molecule has 4 rings (SSSR count). The van der Waals surface area contributed by atoms with Crippen molar-refractivity contribution >= 4 is 16.9 Å². The molecule has 1 saturated heterocycles. The fourth-order valence-electron chi connectivity index (χ4n) is 4.66. The number of ether oxygens (including phenoxy) is 1. The predicted molar refractivity (Wildman–Crippen MR) is 105 cm³/mol. The molecule has 0 atom stereocenters. The Morgan fingerprint density at radius 1 is 1.10 bits per heavy atom. The Bertz CT molecular complexity index is 981. The van der Waals surface area contributed by atoms with Crippen LogP contribution >= 0.6 is 0 Å². The molecule has 0 radical (unpaired) electrons. The molecule has 0 unspecified atom stereocenters. The number of aromatic nitrogens is 2. The number of hydrogen-bond donors (Lipinski definition) is 0. The molecule has 1 amide bonds. The number of carbonyl (C=O) groups is 1. The summed E-state index contributed by atoms with van der Waals surface area (Å²) in [7, 11) is 1.58. The normalized spacial score (nSPS) is 23.1. The Morgan fingerprint density at radius 2 is 1.77 bits per heavy atom. The van der Waals surface area contributed by atoms with Gasteiger partial charge in [0, 0.05) is 32.6 Å². The number of imidazole rings is 1. The van der Waals surface area contributed by atoms with Crippen LogP contribution in [0, 0.1) is 11.8 Å². The number of alkyl halides is 3. The van der Waals surface area contributed by atoms with Crippen LogP contribution in [0.3, 0.4) is 0 Å². The second kappa shape index (κ2) is 8.09. The Labute approximate surface area is 172 Å². The monoisotopic (exact) mass is 425 g/mol. The highest BCUT2D eigenvalue weighted by Gasteiger charge is 2.33. The van der Waals surface area contributed by atoms with Gasteiger partial charge < -0.3 is 9.64 Å². The van der Waals surface area contributed by atoms with E-state index in [-0.39, 0.29) is 23.4 Å². The van der Waals surface area contributed by atoms with E-state index >= 15 is 0 Å². The minimum absolute atomic E-state index is 0.0135. The van der Waals surface area contributed by atoms with Crippen molar-refractivity contribution in [2.45, 2.75) is 38.4 Å². The average Bonchev–Trinajstić information content (AvgIpc) is 2.98. The van der Waals surface area contributed by atoms with E-state index < -0.39 is 11.7 Å². The summed E-state index contributed by atoms with van der Waals surface area (Å²) in [4.78, 5) is 27.2. The number of morpholine rings is 1. The second-order valence-corrected chi connectivity index (χ2v) is 8.31. The first kappa shape index (κ1) is 21.0. The smallest absolute Gasteiger partial charge is 0.378 e. The summed E-state index contributed by atoms with van der Waals surface area (Å²) in [6, 6.07) is 3.42. The maximum Gasteiger partial charge on any atom is 0.416 e. The van der Waals surface area contributed by atoms with Crippen LogP contribution in [0.4, 0.5) is 13.2 Å². The highest BCUT2D eigenvalue weighted by atomic mass is 19.4. The molecule has 2 fully saturated rings. The van der Waals surface area contributed by atoms with Gasteiger partial charge in [0.05, 0.1) is 29.8 Å². The number of hydrogen-bond acceptors (Lipinski definition) is 3. The maximum absolute atomic E-state index is 13.1. The Hall–Kier alpha value is -2.29. The number of rotatable bonds is 3. The molecule has 2 heterocycles. The molecular formula is C21H26F3N3O3. The number of fused-ring (bicyclic) bond motifs is 1. The van der Waals surface area contributed by atoms with Crippen molar-refractivity contribution in [1.82, 2.24) is 14.0 Å². The third kappa shape index (κ3) is 3.99. The lowest BCUT2D eigenvalue weighted by molar-refractivity contribution is -0.141. The van der Waals surface area contributed by atoms with Crippen molar-refractivity contribution < 1.29 is 22.7 Å². The fourth-order valence-corrected chi connectivity index (χ4v) is 4.66. The molecule has 2 aliphatic rings. The van der Waals surface area contributed by atoms with Gasteiger partial charge in [0.1, 0.15) is 0 Å². The van der Waals surface area contributed by atoms with Crippen LogP contribution < -0.4 is 5.69 Å². The number of halogens is 3. The van der Waals surface area contributed by atoms with Gasteiger partial charge in [-0.05, 0) is 49.8 Å². The summed E-state index contributed by atoms with van der Waals surface area (Å²) in [6.45, 7) is 2.78. The molecule has 0 bridgehead atoms. The largest absolute Gasteiger partial charge is 0.416 e. The van der Waals surface area contributed by atoms with Gasteiger partial charge in [-0.2, -0.15) is 13.2 Å². The second-order valence-electron chi connectivity index (χ2n) is 8.31. The third-order valence-electron chi connectivity index (χ3n) is 6.43. The van der Waals surface area contributed by atoms with Gasteiger partial charge in [-0.3, -0.25) is 13.9 Å². The van der Waals surface area contributed by atoms with Crippen LogP contribution in [-0.2, 0) is 29.3 Å². The molecule has 0 spiro atoms. The summed E-state index contributed by atoms with van der Waals surface area (Å²) < 4.78 is 47.6. The minimum Gasteiger partial charge on any atom is -0.378 e. The average molecular weight is 425 g/mol. The molecule has 1 aromatic heterocycles. The van der Waals surface area contributed by atoms with Crippen molar-refractivity contribution in [1.29, 1.82) is 0 Å². The van der Waals surface area contributed by atoms with E-state index in [9.17, 15) is 22.8 Å². The van der Waals surface area contributed by atoms with E-state index in [2.05, 4.69) is 0 Å². The van der Waals surface area contributed by atoms with Crippen molar-refractivity contribution in [3.63, 3.8) is 0 Å². The molecule has 1 aromatic carbocycles. The van der Waals surface area contributed by atoms with E-state index in [0.717, 1.165) is 37.8 Å². The number of nitrogens with zero attached hydrogens (tertiary/aromatic N) is 3. The van der Waals surface area contributed by atoms with E-state index in [4.69, 9.17) is 4.74 Å². The zero-order valence-corrected chi connectivity index (χ0v) is 17.0. The first-order chi connectivity index (χ1) is 14.3. The van der Waals surface area contributed by atoms with Gasteiger partial charge >= 0.3 is 11.9 Å². The summed E-state index contributed by atoms with van der Waals surface area (Å²) >= 11 is 0. The van der Waals surface area contributed by atoms with Gasteiger partial charge in [-0.1, -0.05) is 0 Å². The molecule has 1 aliphatic heterocycles. The molecule has 9 heteroatoms. The van der Waals surface area contributed by atoms with E-state index in [1.54, 1.807) is 7.05 Å². The topological polar surface area (TPSA) is 56.5 Å². The Morgan fingerprint density at radius 3 is 2.40 bits per heavy atom. The van der Waals surface area contributed by atoms with Crippen LogP contribution in [-0.4, -0.2) is 46.2 Å². The third-order valence-corrected chi connectivity index (χ3v) is 6.43. The summed E-state index contributed by atoms with van der Waals surface area (Å²) in [5.74, 6) is 0.325. The van der Waals surface area contributed by atoms with Crippen LogP contribution in [0.15, 0.2) is 23.0 Å². The van der Waals surface area contributed by atoms with Gasteiger partial charge in [0.15, 0.2) is 0 Å². The molecule has 1 saturated carbocycles. The Balaban J connectivity index is 1.48. The lowest BCUT2D eigenvalue weighted by Crippen LogP contribution is -2.44. The van der Waals surface area contributed by atoms with Crippen molar-refractivity contribution in [2.75, 3.05) is 26.3 Å². The van der Waals surface area contributed by atoms with Gasteiger partial charge in [-0.15, -0.1) is 0 Å². The molecule has 6 nitrogen and oxygen atoms in total. The van der Waals surface area contributed by atoms with Crippen LogP contribution in [0.25, 0.3) is 11.0 Å². The molecule has 0 N–H and O–H groups in total. The number of amides is 1. The van der Waals surface area contributed by atoms with Crippen LogP contribution in [0.5, 0.6) is 0 Å². The fraction of sp³-hybridized carbons (Fsp3) is 0.619. The highest BCUT2D eigenvalue weighted by molar-refractivity contribution is 5.79. The van der Waals surface area contributed by atoms with Crippen LogP contribution in [0.2, 0.25) is 0 Å². The van der Waals surface area contributed by atoms with Crippen LogP contribution in [0.1, 0.15) is 31.2 Å². The SMILES string of the molecule is Cn1c(=O)n(CC2CCC(C(=O)N3CCOCC3)CC2)c2cc(C(F)(F)F)ccc21. The standard InChI is InChI=1S/C21H26F3N3O3/c1-25-17-7-6-16(21(22,23)24)12-18(17)27(20(25)29)13-14-2-4-15(5-3-14)19(28)26-8-10-30-11-9-26/h6-7,12,14-15H,2-5,8-11,13H2,1H3. The first-order valence-electron chi connectivity index (χ1n) is 10.4. The van der Waals surface area contributed by atoms with E-state index in [1.807, 2.05) is 4.90 Å². The molecule has 164 valence electrons. The molecular weight excluding hydrogens is 399 g/mol. The highest BCUT2D eigenvalue weighted by Crippen LogP contribution is 2.33. The zero-order chi connectivity index (χ0) is 21.5. The van der Waals surface area contributed by atoms with Gasteiger partial charge in [0.2, 0.25) is 5.91 Å². The zero-order valence-electron chi connectivity index (χ0n) is 17.0. The minimum atomic E-state index is -4.46. The predicted octanol–water partition coefficient (Wildman–Crippen LogP) is 3.02. The van der Waals surface area contributed by atoms with Gasteiger partial charge in [0.25, 0.3) is 0 Å². The number of benzene rings is 1. The Kier molecular flexibility index (Phi) is 5.65. The van der Waals surface area contributed by atoms with E-state index in [0.29, 0.717) is 43.9 Å².